The number of fused-ring (bicyclic) bond motifs is 1. The van der Waals surface area contributed by atoms with Crippen molar-refractivity contribution in [2.24, 2.45) is 0 Å². The summed E-state index contributed by atoms with van der Waals surface area (Å²) in [7, 11) is 0. The molecule has 3 rings (SSSR count). The molecule has 0 radical (unpaired) electrons. The van der Waals surface area contributed by atoms with Gasteiger partial charge in [0.2, 0.25) is 0 Å². The molecule has 0 aliphatic carbocycles. The number of aryl methyl sites for hydroxylation is 1. The van der Waals surface area contributed by atoms with Crippen molar-refractivity contribution in [1.29, 1.82) is 0 Å². The van der Waals surface area contributed by atoms with E-state index in [2.05, 4.69) is 4.98 Å². The van der Waals surface area contributed by atoms with Crippen LogP contribution >= 0.6 is 0 Å². The number of hydrogen-bond donors (Lipinski definition) is 1. The smallest absolute Gasteiger partial charge is 0.155 e. The van der Waals surface area contributed by atoms with Crippen LogP contribution in [0.25, 0.3) is 22.4 Å². The minimum absolute atomic E-state index is 0.643. The van der Waals surface area contributed by atoms with E-state index in [-0.39, 0.29) is 0 Å². The second-order valence-electron chi connectivity index (χ2n) is 4.10. The molecule has 84 valence electrons. The van der Waals surface area contributed by atoms with Crippen molar-refractivity contribution < 1.29 is 4.42 Å². The van der Waals surface area contributed by atoms with E-state index >= 15 is 0 Å². The number of para-hydroxylation sites is 1. The Kier molecular flexibility index (Phi) is 2.11. The highest BCUT2D eigenvalue weighted by Gasteiger charge is 2.10. The van der Waals surface area contributed by atoms with Gasteiger partial charge in [-0.1, -0.05) is 18.2 Å². The molecule has 0 unspecified atom stereocenters. The molecule has 3 nitrogen and oxygen atoms in total. The van der Waals surface area contributed by atoms with E-state index in [0.29, 0.717) is 17.1 Å². The Hall–Kier alpha value is -2.29. The standard InChI is InChI=1S/C14H12N2O/c1-9-6-11(15)14(16-8-9)13-7-10-4-2-3-5-12(10)17-13/h2-8H,15H2,1H3. The number of hydrogen-bond acceptors (Lipinski definition) is 3. The maximum absolute atomic E-state index is 5.95. The van der Waals surface area contributed by atoms with Crippen LogP contribution in [0.3, 0.4) is 0 Å². The lowest BCUT2D eigenvalue weighted by atomic mass is 10.2. The Morgan fingerprint density at radius 1 is 1.18 bits per heavy atom. The second kappa shape index (κ2) is 3.63. The molecule has 0 bridgehead atoms. The van der Waals surface area contributed by atoms with E-state index in [0.717, 1.165) is 16.5 Å². The van der Waals surface area contributed by atoms with Crippen molar-refractivity contribution in [2.45, 2.75) is 6.92 Å². The molecule has 2 heterocycles. The van der Waals surface area contributed by atoms with Crippen molar-refractivity contribution in [3.05, 3.63) is 48.2 Å². The normalized spacial score (nSPS) is 10.9. The average molecular weight is 224 g/mol. The van der Waals surface area contributed by atoms with Crippen LogP contribution in [0.4, 0.5) is 5.69 Å². The van der Waals surface area contributed by atoms with Crippen LogP contribution in [-0.4, -0.2) is 4.98 Å². The highest BCUT2D eigenvalue weighted by atomic mass is 16.3. The van der Waals surface area contributed by atoms with Crippen LogP contribution in [0.2, 0.25) is 0 Å². The highest BCUT2D eigenvalue weighted by molar-refractivity contribution is 5.84. The maximum Gasteiger partial charge on any atom is 0.155 e. The van der Waals surface area contributed by atoms with Gasteiger partial charge in [0.15, 0.2) is 5.76 Å². The molecule has 0 aliphatic rings. The second-order valence-corrected chi connectivity index (χ2v) is 4.10. The molecule has 0 saturated heterocycles. The van der Waals surface area contributed by atoms with Crippen LogP contribution < -0.4 is 5.73 Å². The van der Waals surface area contributed by atoms with E-state index in [1.165, 1.54) is 0 Å². The highest BCUT2D eigenvalue weighted by Crippen LogP contribution is 2.29. The number of furan rings is 1. The number of pyridine rings is 1. The van der Waals surface area contributed by atoms with E-state index in [9.17, 15) is 0 Å². The first-order chi connectivity index (χ1) is 8.24. The predicted octanol–water partition coefficient (Wildman–Crippen LogP) is 3.39. The Morgan fingerprint density at radius 3 is 2.76 bits per heavy atom. The third kappa shape index (κ3) is 1.65. The number of rotatable bonds is 1. The lowest BCUT2D eigenvalue weighted by Crippen LogP contribution is -1.93. The van der Waals surface area contributed by atoms with Gasteiger partial charge in [0.25, 0.3) is 0 Å². The maximum atomic E-state index is 5.95. The molecule has 0 saturated carbocycles. The molecule has 0 aliphatic heterocycles. The first-order valence-corrected chi connectivity index (χ1v) is 5.45. The average Bonchev–Trinajstić information content (AvgIpc) is 2.72. The lowest BCUT2D eigenvalue weighted by molar-refractivity contribution is 0.629. The van der Waals surface area contributed by atoms with Gasteiger partial charge in [-0.3, -0.25) is 4.98 Å². The van der Waals surface area contributed by atoms with Gasteiger partial charge in [-0.2, -0.15) is 0 Å². The van der Waals surface area contributed by atoms with Gasteiger partial charge in [-0.05, 0) is 30.7 Å². The molecule has 0 amide bonds. The summed E-state index contributed by atoms with van der Waals surface area (Å²) in [4.78, 5) is 4.32. The Bertz CT molecular complexity index is 653. The first kappa shape index (κ1) is 9.90. The van der Waals surface area contributed by atoms with Gasteiger partial charge < -0.3 is 10.2 Å². The van der Waals surface area contributed by atoms with Crippen molar-refractivity contribution in [3.63, 3.8) is 0 Å². The van der Waals surface area contributed by atoms with Gasteiger partial charge in [0.1, 0.15) is 11.3 Å². The summed E-state index contributed by atoms with van der Waals surface area (Å²) >= 11 is 0. The number of benzene rings is 1. The molecular formula is C14H12N2O. The van der Waals surface area contributed by atoms with Crippen molar-refractivity contribution in [2.75, 3.05) is 5.73 Å². The number of aromatic nitrogens is 1. The van der Waals surface area contributed by atoms with Gasteiger partial charge in [0, 0.05) is 11.6 Å². The molecule has 0 atom stereocenters. The summed E-state index contributed by atoms with van der Waals surface area (Å²) in [6, 6.07) is 11.7. The van der Waals surface area contributed by atoms with Gasteiger partial charge >= 0.3 is 0 Å². The number of anilines is 1. The van der Waals surface area contributed by atoms with Gasteiger partial charge in [-0.25, -0.2) is 0 Å². The SMILES string of the molecule is Cc1cnc(-c2cc3ccccc3o2)c(N)c1. The predicted molar refractivity (Wildman–Crippen MR) is 68.6 cm³/mol. The fourth-order valence-electron chi connectivity index (χ4n) is 1.90. The fraction of sp³-hybridized carbons (Fsp3) is 0.0714. The minimum Gasteiger partial charge on any atom is -0.454 e. The number of nitrogens with zero attached hydrogens (tertiary/aromatic N) is 1. The van der Waals surface area contributed by atoms with Gasteiger partial charge in [-0.15, -0.1) is 0 Å². The zero-order valence-corrected chi connectivity index (χ0v) is 9.47. The quantitative estimate of drug-likeness (QED) is 0.689. The molecule has 2 aromatic heterocycles. The summed E-state index contributed by atoms with van der Waals surface area (Å²) in [6.45, 7) is 1.96. The van der Waals surface area contributed by atoms with E-state index < -0.39 is 0 Å². The number of nitrogen functional groups attached to an aromatic ring is 1. The van der Waals surface area contributed by atoms with Crippen LogP contribution in [0.1, 0.15) is 5.56 Å². The summed E-state index contributed by atoms with van der Waals surface area (Å²) in [6.07, 6.45) is 1.79. The zero-order chi connectivity index (χ0) is 11.8. The Balaban J connectivity index is 2.20. The molecule has 0 fully saturated rings. The number of nitrogens with two attached hydrogens (primary N) is 1. The van der Waals surface area contributed by atoms with E-state index in [1.54, 1.807) is 6.20 Å². The van der Waals surface area contributed by atoms with E-state index in [1.807, 2.05) is 43.3 Å². The molecule has 1 aromatic carbocycles. The van der Waals surface area contributed by atoms with Crippen LogP contribution in [0, 0.1) is 6.92 Å². The lowest BCUT2D eigenvalue weighted by Gasteiger charge is -2.01. The third-order valence-corrected chi connectivity index (χ3v) is 2.71. The minimum atomic E-state index is 0.643. The first-order valence-electron chi connectivity index (χ1n) is 5.45. The monoisotopic (exact) mass is 224 g/mol. The fourth-order valence-corrected chi connectivity index (χ4v) is 1.90. The van der Waals surface area contributed by atoms with Gasteiger partial charge in [0.05, 0.1) is 5.69 Å². The molecular weight excluding hydrogens is 212 g/mol. The summed E-state index contributed by atoms with van der Waals surface area (Å²) in [5, 5.41) is 1.06. The summed E-state index contributed by atoms with van der Waals surface area (Å²) < 4.78 is 5.73. The summed E-state index contributed by atoms with van der Waals surface area (Å²) in [5.74, 6) is 0.712. The molecule has 0 spiro atoms. The Labute approximate surface area is 98.9 Å². The molecule has 17 heavy (non-hydrogen) atoms. The summed E-state index contributed by atoms with van der Waals surface area (Å²) in [5.41, 5.74) is 9.19. The largest absolute Gasteiger partial charge is 0.454 e. The van der Waals surface area contributed by atoms with Crippen LogP contribution in [0.15, 0.2) is 47.0 Å². The van der Waals surface area contributed by atoms with E-state index in [4.69, 9.17) is 10.2 Å². The topological polar surface area (TPSA) is 52.0 Å². The molecule has 3 aromatic rings. The van der Waals surface area contributed by atoms with Crippen molar-refractivity contribution >= 4 is 16.7 Å². The van der Waals surface area contributed by atoms with Crippen LogP contribution in [0.5, 0.6) is 0 Å². The third-order valence-electron chi connectivity index (χ3n) is 2.71. The molecule has 2 N–H and O–H groups in total. The zero-order valence-electron chi connectivity index (χ0n) is 9.47. The van der Waals surface area contributed by atoms with Crippen molar-refractivity contribution in [1.82, 2.24) is 4.98 Å². The van der Waals surface area contributed by atoms with Crippen molar-refractivity contribution in [3.8, 4) is 11.5 Å². The van der Waals surface area contributed by atoms with Crippen LogP contribution in [-0.2, 0) is 0 Å². The molecule has 3 heteroatoms. The Morgan fingerprint density at radius 2 is 2.00 bits per heavy atom.